The molecule has 0 aliphatic heterocycles. The molecule has 0 bridgehead atoms. The molecule has 1 aromatic carbocycles. The first-order chi connectivity index (χ1) is 8.41. The van der Waals surface area contributed by atoms with Gasteiger partial charge in [-0.05, 0) is 12.1 Å². The second-order valence-electron chi connectivity index (χ2n) is 3.44. The number of rotatable bonds is 6. The Morgan fingerprint density at radius 1 is 1.44 bits per heavy atom. The number of carbonyl (C=O) groups is 2. The van der Waals surface area contributed by atoms with Gasteiger partial charge < -0.3 is 16.2 Å². The first kappa shape index (κ1) is 13.4. The summed E-state index contributed by atoms with van der Waals surface area (Å²) in [5.74, 6) is -1.78. The average molecular weight is 253 g/mol. The van der Waals surface area contributed by atoms with Gasteiger partial charge in [-0.25, -0.2) is 4.79 Å². The van der Waals surface area contributed by atoms with Gasteiger partial charge in [0, 0.05) is 19.0 Å². The van der Waals surface area contributed by atoms with Crippen LogP contribution in [0.5, 0.6) is 0 Å². The number of nitro groups is 1. The van der Waals surface area contributed by atoms with E-state index in [1.807, 2.05) is 0 Å². The topological polar surface area (TPSA) is 136 Å². The van der Waals surface area contributed by atoms with Crippen LogP contribution in [0.1, 0.15) is 16.8 Å². The smallest absolute Gasteiger partial charge is 0.335 e. The molecule has 8 nitrogen and oxygen atoms in total. The maximum absolute atomic E-state index is 10.8. The number of nitrogens with zero attached hydrogens (tertiary/aromatic N) is 1. The van der Waals surface area contributed by atoms with E-state index >= 15 is 0 Å². The van der Waals surface area contributed by atoms with Gasteiger partial charge in [-0.1, -0.05) is 0 Å². The molecule has 0 spiro atoms. The van der Waals surface area contributed by atoms with E-state index in [-0.39, 0.29) is 29.9 Å². The summed E-state index contributed by atoms with van der Waals surface area (Å²) in [5, 5.41) is 22.2. The van der Waals surface area contributed by atoms with Crippen molar-refractivity contribution >= 4 is 23.3 Å². The van der Waals surface area contributed by atoms with Crippen molar-refractivity contribution in [3.05, 3.63) is 33.9 Å². The Morgan fingerprint density at radius 3 is 2.61 bits per heavy atom. The van der Waals surface area contributed by atoms with Crippen molar-refractivity contribution < 1.29 is 19.6 Å². The standard InChI is InChI=1S/C10H11N3O5/c11-9(14)3-4-12-7-2-1-6(10(15)16)5-8(7)13(17)18/h1-2,5,12H,3-4H2,(H2,11,14)(H,15,16). The van der Waals surface area contributed by atoms with Crippen molar-refractivity contribution in [1.82, 2.24) is 0 Å². The molecule has 18 heavy (non-hydrogen) atoms. The van der Waals surface area contributed by atoms with Crippen LogP contribution in [0, 0.1) is 10.1 Å². The first-order valence-corrected chi connectivity index (χ1v) is 4.95. The van der Waals surface area contributed by atoms with Crippen LogP contribution < -0.4 is 11.1 Å². The number of carboxylic acid groups (broad SMARTS) is 1. The summed E-state index contributed by atoms with van der Waals surface area (Å²) in [6.45, 7) is 0.141. The second kappa shape index (κ2) is 5.62. The van der Waals surface area contributed by atoms with E-state index < -0.39 is 16.8 Å². The molecule has 1 rings (SSSR count). The Morgan fingerprint density at radius 2 is 2.11 bits per heavy atom. The third kappa shape index (κ3) is 3.44. The predicted octanol–water partition coefficient (Wildman–Crippen LogP) is 0.580. The van der Waals surface area contributed by atoms with Gasteiger partial charge in [-0.3, -0.25) is 14.9 Å². The summed E-state index contributed by atoms with van der Waals surface area (Å²) >= 11 is 0. The Hall–Kier alpha value is -2.64. The van der Waals surface area contributed by atoms with Crippen LogP contribution in [-0.4, -0.2) is 28.5 Å². The molecule has 1 amide bonds. The van der Waals surface area contributed by atoms with Gasteiger partial charge in [0.1, 0.15) is 5.69 Å². The van der Waals surface area contributed by atoms with Gasteiger partial charge in [0.15, 0.2) is 0 Å². The van der Waals surface area contributed by atoms with Crippen molar-refractivity contribution in [2.75, 3.05) is 11.9 Å². The monoisotopic (exact) mass is 253 g/mol. The van der Waals surface area contributed by atoms with Crippen molar-refractivity contribution in [3.8, 4) is 0 Å². The van der Waals surface area contributed by atoms with Gasteiger partial charge in [-0.2, -0.15) is 0 Å². The van der Waals surface area contributed by atoms with Crippen LogP contribution in [-0.2, 0) is 4.79 Å². The van der Waals surface area contributed by atoms with Crippen LogP contribution in [0.2, 0.25) is 0 Å². The number of carboxylic acids is 1. The van der Waals surface area contributed by atoms with E-state index in [1.54, 1.807) is 0 Å². The molecule has 0 saturated carbocycles. The second-order valence-corrected chi connectivity index (χ2v) is 3.44. The van der Waals surface area contributed by atoms with Gasteiger partial charge in [-0.15, -0.1) is 0 Å². The van der Waals surface area contributed by atoms with Gasteiger partial charge in [0.05, 0.1) is 10.5 Å². The Kier molecular flexibility index (Phi) is 4.19. The van der Waals surface area contributed by atoms with Crippen LogP contribution in [0.3, 0.4) is 0 Å². The highest BCUT2D eigenvalue weighted by molar-refractivity contribution is 5.89. The van der Waals surface area contributed by atoms with Crippen molar-refractivity contribution in [2.24, 2.45) is 5.73 Å². The van der Waals surface area contributed by atoms with Crippen molar-refractivity contribution in [1.29, 1.82) is 0 Å². The van der Waals surface area contributed by atoms with Crippen molar-refractivity contribution in [2.45, 2.75) is 6.42 Å². The highest BCUT2D eigenvalue weighted by Gasteiger charge is 2.16. The quantitative estimate of drug-likeness (QED) is 0.501. The summed E-state index contributed by atoms with van der Waals surface area (Å²) in [6.07, 6.45) is 0.0256. The van der Waals surface area contributed by atoms with Gasteiger partial charge >= 0.3 is 5.97 Å². The van der Waals surface area contributed by atoms with E-state index in [4.69, 9.17) is 10.8 Å². The number of nitro benzene ring substituents is 1. The SMILES string of the molecule is NC(=O)CCNc1ccc(C(=O)O)cc1[N+](=O)[O-]. The molecule has 0 atom stereocenters. The van der Waals surface area contributed by atoms with Crippen LogP contribution >= 0.6 is 0 Å². The molecule has 4 N–H and O–H groups in total. The number of carbonyl (C=O) groups excluding carboxylic acids is 1. The Labute approximate surface area is 102 Å². The van der Waals surface area contributed by atoms with E-state index in [2.05, 4.69) is 5.32 Å². The summed E-state index contributed by atoms with van der Waals surface area (Å²) in [6, 6.07) is 3.47. The zero-order valence-corrected chi connectivity index (χ0v) is 9.25. The maximum atomic E-state index is 10.8. The third-order valence-corrected chi connectivity index (χ3v) is 2.13. The molecule has 0 saturated heterocycles. The van der Waals surface area contributed by atoms with Crippen LogP contribution in [0.4, 0.5) is 11.4 Å². The maximum Gasteiger partial charge on any atom is 0.335 e. The number of primary amides is 1. The first-order valence-electron chi connectivity index (χ1n) is 4.95. The summed E-state index contributed by atoms with van der Waals surface area (Å²) in [7, 11) is 0. The molecule has 1 aromatic rings. The molecule has 0 radical (unpaired) electrons. The summed E-state index contributed by atoms with van der Waals surface area (Å²) in [5.41, 5.74) is 4.53. The number of aromatic carboxylic acids is 1. The lowest BCUT2D eigenvalue weighted by molar-refractivity contribution is -0.384. The molecule has 0 heterocycles. The molecular weight excluding hydrogens is 242 g/mol. The Balaban J connectivity index is 2.93. The molecular formula is C10H11N3O5. The number of amides is 1. The number of hydrogen-bond acceptors (Lipinski definition) is 5. The Bertz CT molecular complexity index is 500. The van der Waals surface area contributed by atoms with E-state index in [9.17, 15) is 19.7 Å². The fraction of sp³-hybridized carbons (Fsp3) is 0.200. The van der Waals surface area contributed by atoms with E-state index in [0.29, 0.717) is 0 Å². The normalized spacial score (nSPS) is 9.78. The zero-order valence-electron chi connectivity index (χ0n) is 9.25. The number of hydrogen-bond donors (Lipinski definition) is 3. The highest BCUT2D eigenvalue weighted by Crippen LogP contribution is 2.25. The molecule has 0 aliphatic carbocycles. The minimum Gasteiger partial charge on any atom is -0.478 e. The lowest BCUT2D eigenvalue weighted by Gasteiger charge is -2.06. The van der Waals surface area contributed by atoms with E-state index in [0.717, 1.165) is 6.07 Å². The summed E-state index contributed by atoms with van der Waals surface area (Å²) in [4.78, 5) is 31.3. The highest BCUT2D eigenvalue weighted by atomic mass is 16.6. The number of anilines is 1. The predicted molar refractivity (Wildman–Crippen MR) is 62.4 cm³/mol. The fourth-order valence-electron chi connectivity index (χ4n) is 1.29. The van der Waals surface area contributed by atoms with Gasteiger partial charge in [0.25, 0.3) is 5.69 Å². The number of nitrogens with two attached hydrogens (primary N) is 1. The minimum atomic E-state index is -1.25. The zero-order chi connectivity index (χ0) is 13.7. The molecule has 96 valence electrons. The number of nitrogens with one attached hydrogen (secondary N) is 1. The molecule has 0 aliphatic rings. The minimum absolute atomic E-state index is 0.0256. The lowest BCUT2D eigenvalue weighted by atomic mass is 10.1. The van der Waals surface area contributed by atoms with E-state index in [1.165, 1.54) is 12.1 Å². The average Bonchev–Trinajstić information content (AvgIpc) is 2.28. The number of benzene rings is 1. The van der Waals surface area contributed by atoms with Crippen LogP contribution in [0.15, 0.2) is 18.2 Å². The fourth-order valence-corrected chi connectivity index (χ4v) is 1.29. The largest absolute Gasteiger partial charge is 0.478 e. The van der Waals surface area contributed by atoms with Crippen LogP contribution in [0.25, 0.3) is 0 Å². The van der Waals surface area contributed by atoms with Crippen molar-refractivity contribution in [3.63, 3.8) is 0 Å². The summed E-state index contributed by atoms with van der Waals surface area (Å²) < 4.78 is 0. The molecule has 0 fully saturated rings. The molecule has 8 heteroatoms. The molecule has 0 aromatic heterocycles. The third-order valence-electron chi connectivity index (χ3n) is 2.13. The van der Waals surface area contributed by atoms with Gasteiger partial charge in [0.2, 0.25) is 5.91 Å². The lowest BCUT2D eigenvalue weighted by Crippen LogP contribution is -2.16. The molecule has 0 unspecified atom stereocenters.